The second kappa shape index (κ2) is 3.63. The molecule has 1 N–H and O–H groups in total. The Bertz CT molecular complexity index is 433. The van der Waals surface area contributed by atoms with E-state index in [2.05, 4.69) is 4.98 Å². The number of hydrogen-bond acceptors (Lipinski definition) is 4. The molecule has 0 unspecified atom stereocenters. The third-order valence-corrected chi connectivity index (χ3v) is 2.34. The van der Waals surface area contributed by atoms with Crippen molar-refractivity contribution in [2.45, 2.75) is 6.42 Å². The van der Waals surface area contributed by atoms with Gasteiger partial charge in [0.15, 0.2) is 5.76 Å². The quantitative estimate of drug-likeness (QED) is 0.840. The van der Waals surface area contributed by atoms with Crippen molar-refractivity contribution in [3.63, 3.8) is 0 Å². The molecule has 0 amide bonds. The molecule has 72 valence electrons. The van der Waals surface area contributed by atoms with E-state index in [0.717, 1.165) is 0 Å². The van der Waals surface area contributed by atoms with Gasteiger partial charge in [-0.15, -0.1) is 11.3 Å². The first-order chi connectivity index (χ1) is 6.77. The normalized spacial score (nSPS) is 10.3. The molecule has 2 aromatic rings. The molecule has 0 bridgehead atoms. The SMILES string of the molecule is O=C(O)Cc1ccoc1-c1cscn1. The van der Waals surface area contributed by atoms with Crippen molar-refractivity contribution in [2.24, 2.45) is 0 Å². The summed E-state index contributed by atoms with van der Waals surface area (Å²) in [5.74, 6) is -0.323. The zero-order valence-corrected chi connectivity index (χ0v) is 7.95. The van der Waals surface area contributed by atoms with Crippen molar-refractivity contribution in [1.82, 2.24) is 4.98 Å². The van der Waals surface area contributed by atoms with E-state index >= 15 is 0 Å². The first-order valence-electron chi connectivity index (χ1n) is 3.94. The van der Waals surface area contributed by atoms with Crippen LogP contribution in [0.2, 0.25) is 0 Å². The number of hydrogen-bond donors (Lipinski definition) is 1. The molecule has 2 heterocycles. The van der Waals surface area contributed by atoms with Crippen LogP contribution in [0.5, 0.6) is 0 Å². The van der Waals surface area contributed by atoms with Crippen LogP contribution in [-0.2, 0) is 11.2 Å². The van der Waals surface area contributed by atoms with E-state index < -0.39 is 5.97 Å². The highest BCUT2D eigenvalue weighted by atomic mass is 32.1. The predicted octanol–water partition coefficient (Wildman–Crippen LogP) is 2.03. The van der Waals surface area contributed by atoms with E-state index in [1.54, 1.807) is 11.6 Å². The number of furan rings is 1. The minimum absolute atomic E-state index is 0.0383. The molecule has 0 aliphatic rings. The van der Waals surface area contributed by atoms with Gasteiger partial charge in [-0.2, -0.15) is 0 Å². The Labute approximate surface area is 83.8 Å². The lowest BCUT2D eigenvalue weighted by molar-refractivity contribution is -0.136. The van der Waals surface area contributed by atoms with Crippen molar-refractivity contribution in [3.8, 4) is 11.5 Å². The first kappa shape index (κ1) is 8.96. The summed E-state index contributed by atoms with van der Waals surface area (Å²) in [6.07, 6.45) is 1.44. The first-order valence-corrected chi connectivity index (χ1v) is 4.88. The van der Waals surface area contributed by atoms with Gasteiger partial charge in [0, 0.05) is 10.9 Å². The van der Waals surface area contributed by atoms with Gasteiger partial charge in [-0.3, -0.25) is 4.79 Å². The Morgan fingerprint density at radius 1 is 1.64 bits per heavy atom. The van der Waals surface area contributed by atoms with Crippen LogP contribution in [0.15, 0.2) is 27.6 Å². The lowest BCUT2D eigenvalue weighted by Crippen LogP contribution is -1.99. The standard InChI is InChI=1S/C9H7NO3S/c11-8(12)3-6-1-2-13-9(6)7-4-14-5-10-7/h1-2,4-5H,3H2,(H,11,12). The van der Waals surface area contributed by atoms with Crippen LogP contribution in [0.25, 0.3) is 11.5 Å². The summed E-state index contributed by atoms with van der Waals surface area (Å²) in [5.41, 5.74) is 3.03. The Morgan fingerprint density at radius 3 is 3.14 bits per heavy atom. The summed E-state index contributed by atoms with van der Waals surface area (Å²) in [4.78, 5) is 14.6. The Hall–Kier alpha value is -1.62. The zero-order valence-electron chi connectivity index (χ0n) is 7.14. The molecule has 0 aliphatic heterocycles. The van der Waals surface area contributed by atoms with Gasteiger partial charge < -0.3 is 9.52 Å². The van der Waals surface area contributed by atoms with Crippen LogP contribution in [0.4, 0.5) is 0 Å². The average Bonchev–Trinajstić information content (AvgIpc) is 2.70. The van der Waals surface area contributed by atoms with Crippen LogP contribution in [0, 0.1) is 0 Å². The lowest BCUT2D eigenvalue weighted by Gasteiger charge is -1.95. The second-order valence-electron chi connectivity index (χ2n) is 2.72. The third kappa shape index (κ3) is 1.67. The minimum Gasteiger partial charge on any atom is -0.481 e. The van der Waals surface area contributed by atoms with Crippen molar-refractivity contribution in [1.29, 1.82) is 0 Å². The Balaban J connectivity index is 2.35. The number of thiazole rings is 1. The van der Waals surface area contributed by atoms with Crippen LogP contribution in [0.3, 0.4) is 0 Å². The largest absolute Gasteiger partial charge is 0.481 e. The van der Waals surface area contributed by atoms with Gasteiger partial charge in [0.2, 0.25) is 0 Å². The summed E-state index contributed by atoms with van der Waals surface area (Å²) in [6, 6.07) is 1.66. The fourth-order valence-corrected chi connectivity index (χ4v) is 1.72. The number of nitrogens with zero attached hydrogens (tertiary/aromatic N) is 1. The van der Waals surface area contributed by atoms with Gasteiger partial charge in [0.1, 0.15) is 5.69 Å². The molecular formula is C9H7NO3S. The summed E-state index contributed by atoms with van der Waals surface area (Å²) in [6.45, 7) is 0. The lowest BCUT2D eigenvalue weighted by atomic mass is 10.1. The molecule has 0 aromatic carbocycles. The van der Waals surface area contributed by atoms with Crippen LogP contribution < -0.4 is 0 Å². The molecule has 2 aromatic heterocycles. The Kier molecular flexibility index (Phi) is 2.32. The fourth-order valence-electron chi connectivity index (χ4n) is 1.19. The maximum Gasteiger partial charge on any atom is 0.307 e. The number of carbonyl (C=O) groups is 1. The molecule has 0 aliphatic carbocycles. The molecule has 5 heteroatoms. The van der Waals surface area contributed by atoms with E-state index in [0.29, 0.717) is 17.0 Å². The summed E-state index contributed by atoms with van der Waals surface area (Å²) < 4.78 is 5.19. The maximum atomic E-state index is 10.5. The molecule has 0 fully saturated rings. The number of carboxylic acid groups (broad SMARTS) is 1. The van der Waals surface area contributed by atoms with E-state index in [-0.39, 0.29) is 6.42 Å². The minimum atomic E-state index is -0.872. The summed E-state index contributed by atoms with van der Waals surface area (Å²) in [5, 5.41) is 10.5. The maximum absolute atomic E-state index is 10.5. The molecule has 0 spiro atoms. The van der Waals surface area contributed by atoms with Gasteiger partial charge in [-0.1, -0.05) is 0 Å². The van der Waals surface area contributed by atoms with E-state index in [1.807, 2.05) is 5.38 Å². The second-order valence-corrected chi connectivity index (χ2v) is 3.44. The molecular weight excluding hydrogens is 202 g/mol. The molecule has 0 saturated carbocycles. The van der Waals surface area contributed by atoms with Gasteiger partial charge in [-0.05, 0) is 6.07 Å². The highest BCUT2D eigenvalue weighted by Gasteiger charge is 2.12. The van der Waals surface area contributed by atoms with Crippen LogP contribution in [-0.4, -0.2) is 16.1 Å². The van der Waals surface area contributed by atoms with Crippen molar-refractivity contribution in [3.05, 3.63) is 28.8 Å². The monoisotopic (exact) mass is 209 g/mol. The molecule has 0 atom stereocenters. The van der Waals surface area contributed by atoms with E-state index in [1.165, 1.54) is 17.6 Å². The van der Waals surface area contributed by atoms with E-state index in [4.69, 9.17) is 9.52 Å². The van der Waals surface area contributed by atoms with Gasteiger partial charge in [-0.25, -0.2) is 4.98 Å². The number of rotatable bonds is 3. The smallest absolute Gasteiger partial charge is 0.307 e. The molecule has 14 heavy (non-hydrogen) atoms. The van der Waals surface area contributed by atoms with Gasteiger partial charge >= 0.3 is 5.97 Å². The Morgan fingerprint density at radius 2 is 2.50 bits per heavy atom. The van der Waals surface area contributed by atoms with Gasteiger partial charge in [0.05, 0.1) is 18.2 Å². The van der Waals surface area contributed by atoms with Crippen LogP contribution in [0.1, 0.15) is 5.56 Å². The van der Waals surface area contributed by atoms with E-state index in [9.17, 15) is 4.79 Å². The third-order valence-electron chi connectivity index (χ3n) is 1.75. The van der Waals surface area contributed by atoms with Crippen molar-refractivity contribution >= 4 is 17.3 Å². The average molecular weight is 209 g/mol. The van der Waals surface area contributed by atoms with Crippen LogP contribution >= 0.6 is 11.3 Å². The number of carboxylic acids is 1. The highest BCUT2D eigenvalue weighted by molar-refractivity contribution is 7.07. The number of aromatic nitrogens is 1. The van der Waals surface area contributed by atoms with Crippen molar-refractivity contribution in [2.75, 3.05) is 0 Å². The molecule has 0 saturated heterocycles. The molecule has 2 rings (SSSR count). The predicted molar refractivity (Wildman–Crippen MR) is 51.2 cm³/mol. The topological polar surface area (TPSA) is 63.3 Å². The fraction of sp³-hybridized carbons (Fsp3) is 0.111. The van der Waals surface area contributed by atoms with Gasteiger partial charge in [0.25, 0.3) is 0 Å². The summed E-state index contributed by atoms with van der Waals surface area (Å²) in [7, 11) is 0. The van der Waals surface area contributed by atoms with Crippen molar-refractivity contribution < 1.29 is 14.3 Å². The zero-order chi connectivity index (χ0) is 9.97. The number of aliphatic carboxylic acids is 1. The molecule has 4 nitrogen and oxygen atoms in total. The molecule has 0 radical (unpaired) electrons. The highest BCUT2D eigenvalue weighted by Crippen LogP contribution is 2.24. The summed E-state index contributed by atoms with van der Waals surface area (Å²) >= 11 is 1.45.